The summed E-state index contributed by atoms with van der Waals surface area (Å²) in [6.45, 7) is 1.92. The predicted octanol–water partition coefficient (Wildman–Crippen LogP) is 1.92. The maximum absolute atomic E-state index is 12.0. The van der Waals surface area contributed by atoms with E-state index in [1.54, 1.807) is 12.0 Å². The molecule has 20 heavy (non-hydrogen) atoms. The number of carbonyl (C=O) groups is 2. The van der Waals surface area contributed by atoms with Gasteiger partial charge in [-0.15, -0.1) is 0 Å². The highest BCUT2D eigenvalue weighted by molar-refractivity contribution is 5.88. The average Bonchev–Trinajstić information content (AvgIpc) is 2.87. The summed E-state index contributed by atoms with van der Waals surface area (Å²) in [4.78, 5) is 25.4. The van der Waals surface area contributed by atoms with Gasteiger partial charge in [-0.05, 0) is 31.0 Å². The first-order valence-electron chi connectivity index (χ1n) is 6.61. The van der Waals surface area contributed by atoms with Crippen molar-refractivity contribution in [3.63, 3.8) is 0 Å². The first-order chi connectivity index (χ1) is 9.58. The lowest BCUT2D eigenvalue weighted by Crippen LogP contribution is -2.40. The summed E-state index contributed by atoms with van der Waals surface area (Å²) in [6, 6.07) is 6.86. The van der Waals surface area contributed by atoms with Crippen molar-refractivity contribution >= 4 is 11.9 Å². The van der Waals surface area contributed by atoms with Crippen LogP contribution in [-0.4, -0.2) is 37.0 Å². The Kier molecular flexibility index (Phi) is 4.27. The Morgan fingerprint density at radius 2 is 1.95 bits per heavy atom. The van der Waals surface area contributed by atoms with E-state index in [0.29, 0.717) is 12.8 Å². The summed E-state index contributed by atoms with van der Waals surface area (Å²) < 4.78 is 9.90. The highest BCUT2D eigenvalue weighted by atomic mass is 16.5. The quantitative estimate of drug-likeness (QED) is 0.789. The molecule has 1 aliphatic heterocycles. The molecule has 0 N–H and O–H groups in total. The first kappa shape index (κ1) is 14.4. The van der Waals surface area contributed by atoms with Gasteiger partial charge in [0.05, 0.1) is 20.3 Å². The largest absolute Gasteiger partial charge is 0.497 e. The molecule has 1 fully saturated rings. The van der Waals surface area contributed by atoms with Gasteiger partial charge in [-0.25, -0.2) is 4.79 Å². The van der Waals surface area contributed by atoms with Gasteiger partial charge >= 0.3 is 5.97 Å². The highest BCUT2D eigenvalue weighted by Crippen LogP contribution is 2.31. The van der Waals surface area contributed by atoms with E-state index in [-0.39, 0.29) is 17.9 Å². The lowest BCUT2D eigenvalue weighted by atomic mass is 10.1. The molecular weight excluding hydrogens is 258 g/mol. The minimum Gasteiger partial charge on any atom is -0.497 e. The Bertz CT molecular complexity index is 497. The summed E-state index contributed by atoms with van der Waals surface area (Å²) in [7, 11) is 2.96. The number of hydrogen-bond donors (Lipinski definition) is 0. The normalized spacial score (nSPS) is 19.9. The summed E-state index contributed by atoms with van der Waals surface area (Å²) >= 11 is 0. The molecule has 1 aromatic rings. The van der Waals surface area contributed by atoms with Gasteiger partial charge in [-0.2, -0.15) is 0 Å². The molecule has 1 saturated heterocycles. The zero-order chi connectivity index (χ0) is 14.7. The van der Waals surface area contributed by atoms with E-state index < -0.39 is 6.04 Å². The number of nitrogens with zero attached hydrogens (tertiary/aromatic N) is 1. The van der Waals surface area contributed by atoms with Crippen LogP contribution in [0.15, 0.2) is 24.3 Å². The van der Waals surface area contributed by atoms with Crippen LogP contribution in [0.4, 0.5) is 0 Å². The van der Waals surface area contributed by atoms with Crippen molar-refractivity contribution in [3.05, 3.63) is 29.8 Å². The molecule has 0 radical (unpaired) electrons. The number of benzene rings is 1. The van der Waals surface area contributed by atoms with E-state index in [1.165, 1.54) is 7.11 Å². The van der Waals surface area contributed by atoms with Crippen molar-refractivity contribution in [2.45, 2.75) is 31.8 Å². The van der Waals surface area contributed by atoms with Crippen molar-refractivity contribution in [3.8, 4) is 5.75 Å². The monoisotopic (exact) mass is 277 g/mol. The van der Waals surface area contributed by atoms with Crippen LogP contribution in [0.5, 0.6) is 5.75 Å². The van der Waals surface area contributed by atoms with E-state index >= 15 is 0 Å². The van der Waals surface area contributed by atoms with Gasteiger partial charge in [0.1, 0.15) is 11.8 Å². The lowest BCUT2D eigenvalue weighted by molar-refractivity contribution is -0.150. The van der Waals surface area contributed by atoms with Crippen LogP contribution < -0.4 is 4.74 Å². The van der Waals surface area contributed by atoms with Gasteiger partial charge < -0.3 is 14.4 Å². The second-order valence-corrected chi connectivity index (χ2v) is 4.83. The second-order valence-electron chi connectivity index (χ2n) is 4.83. The molecule has 2 atom stereocenters. The molecule has 0 bridgehead atoms. The fourth-order valence-corrected chi connectivity index (χ4v) is 2.60. The molecular formula is C15H19NO4. The number of carbonyl (C=O) groups excluding carboxylic acids is 2. The molecule has 5 nitrogen and oxygen atoms in total. The lowest BCUT2D eigenvalue weighted by Gasteiger charge is -2.29. The van der Waals surface area contributed by atoms with Crippen LogP contribution in [0.25, 0.3) is 0 Å². The zero-order valence-corrected chi connectivity index (χ0v) is 12.0. The van der Waals surface area contributed by atoms with Crippen molar-refractivity contribution in [2.24, 2.45) is 0 Å². The number of hydrogen-bond acceptors (Lipinski definition) is 4. The minimum atomic E-state index is -0.482. The fraction of sp³-hybridized carbons (Fsp3) is 0.467. The van der Waals surface area contributed by atoms with E-state index in [9.17, 15) is 9.59 Å². The number of ether oxygens (including phenoxy) is 2. The van der Waals surface area contributed by atoms with Gasteiger partial charge in [-0.3, -0.25) is 4.79 Å². The topological polar surface area (TPSA) is 55.8 Å². The third-order valence-corrected chi connectivity index (χ3v) is 3.74. The Hall–Kier alpha value is -2.04. The smallest absolute Gasteiger partial charge is 0.328 e. The molecule has 1 amide bonds. The first-order valence-corrected chi connectivity index (χ1v) is 6.61. The summed E-state index contributed by atoms with van der Waals surface area (Å²) in [5, 5.41) is 0. The van der Waals surface area contributed by atoms with Crippen LogP contribution in [-0.2, 0) is 14.3 Å². The molecule has 108 valence electrons. The summed E-state index contributed by atoms with van der Waals surface area (Å²) in [5.41, 5.74) is 0.968. The van der Waals surface area contributed by atoms with Crippen molar-refractivity contribution in [2.75, 3.05) is 14.2 Å². The van der Waals surface area contributed by atoms with Crippen LogP contribution in [0.3, 0.4) is 0 Å². The van der Waals surface area contributed by atoms with Gasteiger partial charge in [0.15, 0.2) is 0 Å². The van der Waals surface area contributed by atoms with Gasteiger partial charge in [0.25, 0.3) is 0 Å². The van der Waals surface area contributed by atoms with Crippen molar-refractivity contribution in [1.82, 2.24) is 4.90 Å². The standard InChI is InChI=1S/C15H19NO4/c1-10(11-4-6-12(19-2)7-5-11)16-13(15(18)20-3)8-9-14(16)17/h4-7,10,13H,8-9H2,1-3H3. The predicted molar refractivity (Wildman–Crippen MR) is 73.3 cm³/mol. The Balaban J connectivity index is 2.22. The summed E-state index contributed by atoms with van der Waals surface area (Å²) in [6.07, 6.45) is 0.909. The third-order valence-electron chi connectivity index (χ3n) is 3.74. The van der Waals surface area contributed by atoms with Crippen LogP contribution in [0, 0.1) is 0 Å². The Morgan fingerprint density at radius 3 is 2.50 bits per heavy atom. The van der Waals surface area contributed by atoms with Gasteiger partial charge in [0, 0.05) is 6.42 Å². The van der Waals surface area contributed by atoms with Gasteiger partial charge in [-0.1, -0.05) is 12.1 Å². The van der Waals surface area contributed by atoms with E-state index in [4.69, 9.17) is 9.47 Å². The number of likely N-dealkylation sites (tertiary alicyclic amines) is 1. The van der Waals surface area contributed by atoms with Crippen molar-refractivity contribution < 1.29 is 19.1 Å². The molecule has 1 aliphatic rings. The Labute approximate surface area is 118 Å². The molecule has 1 heterocycles. The van der Waals surface area contributed by atoms with Crippen LogP contribution in [0.2, 0.25) is 0 Å². The highest BCUT2D eigenvalue weighted by Gasteiger charge is 2.39. The molecule has 0 saturated carbocycles. The fourth-order valence-electron chi connectivity index (χ4n) is 2.60. The second kappa shape index (κ2) is 5.94. The van der Waals surface area contributed by atoms with Crippen molar-refractivity contribution in [1.29, 1.82) is 0 Å². The Morgan fingerprint density at radius 1 is 1.30 bits per heavy atom. The maximum Gasteiger partial charge on any atom is 0.328 e. The molecule has 0 aromatic heterocycles. The van der Waals surface area contributed by atoms with E-state index in [0.717, 1.165) is 11.3 Å². The zero-order valence-electron chi connectivity index (χ0n) is 12.0. The number of esters is 1. The van der Waals surface area contributed by atoms with Crippen LogP contribution >= 0.6 is 0 Å². The molecule has 0 spiro atoms. The molecule has 2 unspecified atom stereocenters. The van der Waals surface area contributed by atoms with E-state index in [2.05, 4.69) is 0 Å². The SMILES string of the molecule is COC(=O)C1CCC(=O)N1C(C)c1ccc(OC)cc1. The number of methoxy groups -OCH3 is 2. The number of amides is 1. The third kappa shape index (κ3) is 2.61. The maximum atomic E-state index is 12.0. The molecule has 0 aliphatic carbocycles. The number of rotatable bonds is 4. The van der Waals surface area contributed by atoms with Gasteiger partial charge in [0.2, 0.25) is 5.91 Å². The molecule has 5 heteroatoms. The molecule has 2 rings (SSSR count). The molecule has 1 aromatic carbocycles. The average molecular weight is 277 g/mol. The van der Waals surface area contributed by atoms with Crippen LogP contribution in [0.1, 0.15) is 31.4 Å². The minimum absolute atomic E-state index is 0.0104. The summed E-state index contributed by atoms with van der Waals surface area (Å²) in [5.74, 6) is 0.401. The van der Waals surface area contributed by atoms with E-state index in [1.807, 2.05) is 31.2 Å².